The van der Waals surface area contributed by atoms with E-state index in [1.165, 1.54) is 6.20 Å². The van der Waals surface area contributed by atoms with E-state index >= 15 is 0 Å². The number of allylic oxidation sites excluding steroid dienone is 1. The van der Waals surface area contributed by atoms with Crippen LogP contribution in [-0.4, -0.2) is 75.3 Å². The summed E-state index contributed by atoms with van der Waals surface area (Å²) in [4.78, 5) is 4.57. The maximum atomic E-state index is 10.5. The van der Waals surface area contributed by atoms with Gasteiger partial charge in [-0.05, 0) is 30.0 Å². The molecule has 2 heterocycles. The number of tetrazole rings is 1. The van der Waals surface area contributed by atoms with Crippen LogP contribution in [0, 0.1) is 11.3 Å². The minimum atomic E-state index is -0.517. The fourth-order valence-electron chi connectivity index (χ4n) is 2.76. The Bertz CT molecular complexity index is 757. The number of likely N-dealkylation sites (N-methyl/N-ethyl adjacent to an activating group) is 1. The number of β-amino-alcohol motifs (C(OH)–C–C–N with tert-alkyl or cyclic N) is 1. The van der Waals surface area contributed by atoms with E-state index in [1.54, 1.807) is 0 Å². The van der Waals surface area contributed by atoms with Crippen LogP contribution in [0.5, 0.6) is 0 Å². The number of aromatic nitrogens is 4. The summed E-state index contributed by atoms with van der Waals surface area (Å²) in [5, 5.41) is 35.9. The molecule has 0 radical (unpaired) electrons. The van der Waals surface area contributed by atoms with Gasteiger partial charge in [0.1, 0.15) is 11.6 Å². The monoisotopic (exact) mass is 354 g/mol. The maximum absolute atomic E-state index is 10.5. The molecule has 1 aliphatic rings. The zero-order chi connectivity index (χ0) is 18.4. The second-order valence-corrected chi connectivity index (χ2v) is 6.29. The van der Waals surface area contributed by atoms with Crippen molar-refractivity contribution in [3.63, 3.8) is 0 Å². The van der Waals surface area contributed by atoms with Crippen LogP contribution in [0.3, 0.4) is 0 Å². The molecule has 3 rings (SSSR count). The van der Waals surface area contributed by atoms with Gasteiger partial charge in [0.05, 0.1) is 6.10 Å². The Hall–Kier alpha value is -2.80. The smallest absolute Gasteiger partial charge is 0.216 e. The predicted octanol–water partition coefficient (Wildman–Crippen LogP) is 0.457. The van der Waals surface area contributed by atoms with Crippen LogP contribution in [0.2, 0.25) is 0 Å². The second kappa shape index (κ2) is 8.53. The third kappa shape index (κ3) is 4.64. The van der Waals surface area contributed by atoms with Gasteiger partial charge < -0.3 is 15.3 Å². The largest absolute Gasteiger partial charge is 0.387 e. The highest BCUT2D eigenvalue weighted by Gasteiger charge is 2.17. The number of piperazine rings is 1. The maximum Gasteiger partial charge on any atom is 0.216 e. The number of aromatic amines is 1. The van der Waals surface area contributed by atoms with Gasteiger partial charge in [0, 0.05) is 44.6 Å². The van der Waals surface area contributed by atoms with Crippen molar-refractivity contribution in [3.05, 3.63) is 41.9 Å². The van der Waals surface area contributed by atoms with Crippen LogP contribution in [0.25, 0.3) is 5.57 Å². The van der Waals surface area contributed by atoms with E-state index in [-0.39, 0.29) is 11.4 Å². The summed E-state index contributed by atoms with van der Waals surface area (Å²) in [5.41, 5.74) is 1.95. The summed E-state index contributed by atoms with van der Waals surface area (Å²) >= 11 is 0. The molecule has 0 bridgehead atoms. The Labute approximate surface area is 151 Å². The lowest BCUT2D eigenvalue weighted by molar-refractivity contribution is 0.0805. The molecule has 136 valence electrons. The number of benzene rings is 1. The number of nitrogens with one attached hydrogen (secondary N) is 2. The molecule has 1 unspecified atom stereocenters. The van der Waals surface area contributed by atoms with Crippen molar-refractivity contribution in [2.75, 3.05) is 45.1 Å². The molecule has 0 saturated carbocycles. The van der Waals surface area contributed by atoms with Gasteiger partial charge in [-0.1, -0.05) is 12.1 Å². The summed E-state index contributed by atoms with van der Waals surface area (Å²) < 4.78 is 0. The number of aliphatic hydroxyl groups is 1. The number of hydrogen-bond donors (Lipinski definition) is 3. The minimum Gasteiger partial charge on any atom is -0.387 e. The van der Waals surface area contributed by atoms with Gasteiger partial charge in [-0.15, -0.1) is 10.2 Å². The van der Waals surface area contributed by atoms with Crippen molar-refractivity contribution in [2.45, 2.75) is 6.10 Å². The van der Waals surface area contributed by atoms with Crippen molar-refractivity contribution in [1.82, 2.24) is 30.4 Å². The summed E-state index contributed by atoms with van der Waals surface area (Å²) in [6, 6.07) is 9.52. The van der Waals surface area contributed by atoms with Crippen molar-refractivity contribution >= 4 is 11.3 Å². The van der Waals surface area contributed by atoms with Crippen molar-refractivity contribution in [3.8, 4) is 6.07 Å². The number of aliphatic hydroxyl groups excluding tert-OH is 1. The van der Waals surface area contributed by atoms with E-state index in [4.69, 9.17) is 5.26 Å². The predicted molar refractivity (Wildman–Crippen MR) is 96.7 cm³/mol. The average Bonchev–Trinajstić information content (AvgIpc) is 3.19. The molecule has 1 aliphatic heterocycles. The number of H-pyrrole nitrogens is 1. The first kappa shape index (κ1) is 18.0. The molecule has 1 fully saturated rings. The molecule has 26 heavy (non-hydrogen) atoms. The molecule has 3 N–H and O–H groups in total. The third-order valence-corrected chi connectivity index (χ3v) is 4.41. The van der Waals surface area contributed by atoms with Gasteiger partial charge in [-0.25, -0.2) is 0 Å². The van der Waals surface area contributed by atoms with E-state index in [0.29, 0.717) is 6.54 Å². The quantitative estimate of drug-likeness (QED) is 0.641. The zero-order valence-electron chi connectivity index (χ0n) is 14.6. The Morgan fingerprint density at radius 3 is 2.69 bits per heavy atom. The van der Waals surface area contributed by atoms with Crippen molar-refractivity contribution < 1.29 is 5.11 Å². The lowest BCUT2D eigenvalue weighted by atomic mass is 10.1. The van der Waals surface area contributed by atoms with Gasteiger partial charge in [0.2, 0.25) is 5.82 Å². The van der Waals surface area contributed by atoms with Crippen LogP contribution < -0.4 is 5.32 Å². The average molecular weight is 354 g/mol. The van der Waals surface area contributed by atoms with Crippen molar-refractivity contribution in [2.24, 2.45) is 0 Å². The number of nitrogens with zero attached hydrogens (tertiary/aromatic N) is 6. The van der Waals surface area contributed by atoms with Crippen molar-refractivity contribution in [1.29, 1.82) is 5.26 Å². The molecule has 9 nitrogen and oxygen atoms in total. The summed E-state index contributed by atoms with van der Waals surface area (Å²) in [7, 11) is 2.12. The first-order valence-corrected chi connectivity index (χ1v) is 8.45. The van der Waals surface area contributed by atoms with E-state index in [0.717, 1.165) is 37.4 Å². The fourth-order valence-corrected chi connectivity index (χ4v) is 2.76. The summed E-state index contributed by atoms with van der Waals surface area (Å²) in [6.45, 7) is 4.65. The Morgan fingerprint density at radius 2 is 2.08 bits per heavy atom. The molecule has 1 aromatic heterocycles. The molecular formula is C17H22N8O. The molecule has 1 aromatic carbocycles. The van der Waals surface area contributed by atoms with Gasteiger partial charge in [0.25, 0.3) is 0 Å². The number of anilines is 1. The molecular weight excluding hydrogens is 332 g/mol. The summed E-state index contributed by atoms with van der Waals surface area (Å²) in [5.74, 6) is 0.235. The molecule has 1 saturated heterocycles. The van der Waals surface area contributed by atoms with E-state index < -0.39 is 6.10 Å². The first-order chi connectivity index (χ1) is 12.7. The minimum absolute atomic E-state index is 0.235. The SMILES string of the molecule is CN1CCN(CC(O)c2ccc(NC=C(C#N)c3nn[nH]n3)cc2)CC1. The Kier molecular flexibility index (Phi) is 5.91. The summed E-state index contributed by atoms with van der Waals surface area (Å²) in [6.07, 6.45) is 1.01. The van der Waals surface area contributed by atoms with Crippen LogP contribution >= 0.6 is 0 Å². The highest BCUT2D eigenvalue weighted by atomic mass is 16.3. The molecule has 2 aromatic rings. The van der Waals surface area contributed by atoms with Crippen LogP contribution in [0.1, 0.15) is 17.5 Å². The number of nitriles is 1. The molecule has 0 spiro atoms. The van der Waals surface area contributed by atoms with Gasteiger partial charge in [0.15, 0.2) is 0 Å². The lowest BCUT2D eigenvalue weighted by Crippen LogP contribution is -2.45. The normalized spacial score (nSPS) is 17.7. The number of hydrogen-bond acceptors (Lipinski definition) is 8. The van der Waals surface area contributed by atoms with Crippen LogP contribution in [0.4, 0.5) is 5.69 Å². The standard InChI is InChI=1S/C17H22N8O/c1-24-6-8-25(9-7-24)12-16(26)13-2-4-15(5-3-13)19-11-14(10-18)17-20-22-23-21-17/h2-5,11,16,19,26H,6-9,12H2,1H3,(H,20,21,22,23). The zero-order valence-corrected chi connectivity index (χ0v) is 14.6. The topological polar surface area (TPSA) is 117 Å². The molecule has 0 aliphatic carbocycles. The van der Waals surface area contributed by atoms with E-state index in [9.17, 15) is 5.11 Å². The fraction of sp³-hybridized carbons (Fsp3) is 0.412. The van der Waals surface area contributed by atoms with Crippen LogP contribution in [0.15, 0.2) is 30.5 Å². The molecule has 0 amide bonds. The first-order valence-electron chi connectivity index (χ1n) is 8.45. The van der Waals surface area contributed by atoms with Gasteiger partial charge in [-0.3, -0.25) is 4.90 Å². The molecule has 1 atom stereocenters. The second-order valence-electron chi connectivity index (χ2n) is 6.29. The number of rotatable bonds is 6. The highest BCUT2D eigenvalue weighted by Crippen LogP contribution is 2.19. The molecule has 9 heteroatoms. The highest BCUT2D eigenvalue weighted by molar-refractivity contribution is 5.73. The third-order valence-electron chi connectivity index (χ3n) is 4.41. The van der Waals surface area contributed by atoms with Gasteiger partial charge >= 0.3 is 0 Å². The van der Waals surface area contributed by atoms with Crippen LogP contribution in [-0.2, 0) is 0 Å². The van der Waals surface area contributed by atoms with Gasteiger partial charge in [-0.2, -0.15) is 10.5 Å². The lowest BCUT2D eigenvalue weighted by Gasteiger charge is -2.33. The van der Waals surface area contributed by atoms with E-state index in [2.05, 4.69) is 42.8 Å². The Balaban J connectivity index is 1.57. The Morgan fingerprint density at radius 1 is 1.35 bits per heavy atom. The van der Waals surface area contributed by atoms with E-state index in [1.807, 2.05) is 30.3 Å².